The summed E-state index contributed by atoms with van der Waals surface area (Å²) in [7, 11) is 0. The van der Waals surface area contributed by atoms with E-state index in [0.29, 0.717) is 40.9 Å². The first-order valence-electron chi connectivity index (χ1n) is 12.5. The molecule has 8 heteroatoms. The van der Waals surface area contributed by atoms with E-state index in [9.17, 15) is 20.0 Å². The zero-order chi connectivity index (χ0) is 27.2. The van der Waals surface area contributed by atoms with Crippen molar-refractivity contribution in [2.45, 2.75) is 39.2 Å². The van der Waals surface area contributed by atoms with Crippen molar-refractivity contribution in [1.29, 1.82) is 5.26 Å². The number of pyridine rings is 1. The summed E-state index contributed by atoms with van der Waals surface area (Å²) in [6.07, 6.45) is 4.93. The molecule has 194 valence electrons. The lowest BCUT2D eigenvalue weighted by Gasteiger charge is -2.16. The summed E-state index contributed by atoms with van der Waals surface area (Å²) in [4.78, 5) is 29.1. The SMILES string of the molecule is CC(C)Oc1ccc(C(=O)C[C@H](CCO)Cc2ccc(-c3cn4ccc(C(N)=O)cc4n3)cc2)cc1C#N. The maximum Gasteiger partial charge on any atom is 0.248 e. The van der Waals surface area contributed by atoms with Gasteiger partial charge in [0.15, 0.2) is 5.78 Å². The van der Waals surface area contributed by atoms with Crippen molar-refractivity contribution >= 4 is 17.3 Å². The highest BCUT2D eigenvalue weighted by atomic mass is 16.5. The van der Waals surface area contributed by atoms with Crippen LogP contribution in [0.4, 0.5) is 0 Å². The van der Waals surface area contributed by atoms with Crippen LogP contribution in [0.5, 0.6) is 5.75 Å². The Morgan fingerprint density at radius 2 is 1.87 bits per heavy atom. The Morgan fingerprint density at radius 3 is 2.53 bits per heavy atom. The molecule has 1 amide bonds. The molecule has 0 unspecified atom stereocenters. The van der Waals surface area contributed by atoms with Crippen molar-refractivity contribution in [3.63, 3.8) is 0 Å². The largest absolute Gasteiger partial charge is 0.490 e. The Morgan fingerprint density at radius 1 is 1.11 bits per heavy atom. The number of aliphatic hydroxyl groups is 1. The van der Waals surface area contributed by atoms with E-state index in [4.69, 9.17) is 10.5 Å². The first-order valence-corrected chi connectivity index (χ1v) is 12.5. The number of nitriles is 1. The highest BCUT2D eigenvalue weighted by molar-refractivity contribution is 5.96. The Bertz CT molecular complexity index is 1500. The van der Waals surface area contributed by atoms with E-state index in [0.717, 1.165) is 16.8 Å². The van der Waals surface area contributed by atoms with Crippen molar-refractivity contribution in [3.8, 4) is 23.1 Å². The van der Waals surface area contributed by atoms with Gasteiger partial charge >= 0.3 is 0 Å². The molecule has 0 saturated carbocycles. The van der Waals surface area contributed by atoms with Gasteiger partial charge in [0, 0.05) is 42.1 Å². The molecule has 0 saturated heterocycles. The highest BCUT2D eigenvalue weighted by Crippen LogP contribution is 2.26. The molecule has 0 spiro atoms. The Labute approximate surface area is 221 Å². The van der Waals surface area contributed by atoms with E-state index < -0.39 is 5.91 Å². The number of carbonyl (C=O) groups is 2. The zero-order valence-corrected chi connectivity index (χ0v) is 21.4. The third-order valence-corrected chi connectivity index (χ3v) is 6.31. The number of fused-ring (bicyclic) bond motifs is 1. The predicted molar refractivity (Wildman–Crippen MR) is 144 cm³/mol. The molecule has 3 N–H and O–H groups in total. The average Bonchev–Trinajstić information content (AvgIpc) is 3.32. The molecule has 2 aromatic carbocycles. The van der Waals surface area contributed by atoms with Crippen LogP contribution in [0.2, 0.25) is 0 Å². The fourth-order valence-corrected chi connectivity index (χ4v) is 4.41. The van der Waals surface area contributed by atoms with Crippen LogP contribution in [0, 0.1) is 17.2 Å². The summed E-state index contributed by atoms with van der Waals surface area (Å²) in [5, 5.41) is 19.1. The topological polar surface area (TPSA) is 131 Å². The number of hydrogen-bond acceptors (Lipinski definition) is 6. The van der Waals surface area contributed by atoms with Crippen molar-refractivity contribution in [3.05, 3.63) is 89.2 Å². The number of nitrogens with two attached hydrogens (primary N) is 1. The summed E-state index contributed by atoms with van der Waals surface area (Å²) in [6, 6.07) is 18.3. The summed E-state index contributed by atoms with van der Waals surface area (Å²) < 4.78 is 7.48. The van der Waals surface area contributed by atoms with Gasteiger partial charge in [0.05, 0.1) is 17.4 Å². The van der Waals surface area contributed by atoms with E-state index in [1.54, 1.807) is 36.5 Å². The maximum atomic E-state index is 13.0. The highest BCUT2D eigenvalue weighted by Gasteiger charge is 2.18. The lowest BCUT2D eigenvalue weighted by atomic mass is 9.89. The van der Waals surface area contributed by atoms with Crippen LogP contribution >= 0.6 is 0 Å². The molecule has 1 atom stereocenters. The minimum absolute atomic E-state index is 0.0187. The third-order valence-electron chi connectivity index (χ3n) is 6.31. The van der Waals surface area contributed by atoms with Crippen LogP contribution in [-0.2, 0) is 6.42 Å². The number of Topliss-reactive ketones (excluding diaryl/α,β-unsaturated/α-hetero) is 1. The van der Waals surface area contributed by atoms with Crippen molar-refractivity contribution in [2.24, 2.45) is 11.7 Å². The Hall–Kier alpha value is -4.48. The monoisotopic (exact) mass is 510 g/mol. The van der Waals surface area contributed by atoms with Crippen LogP contribution < -0.4 is 10.5 Å². The number of benzene rings is 2. The number of amides is 1. The quantitative estimate of drug-likeness (QED) is 0.284. The van der Waals surface area contributed by atoms with E-state index in [-0.39, 0.29) is 30.8 Å². The molecule has 2 aromatic heterocycles. The molecule has 0 aliphatic rings. The maximum absolute atomic E-state index is 13.0. The van der Waals surface area contributed by atoms with Gasteiger partial charge in [-0.2, -0.15) is 5.26 Å². The average molecular weight is 511 g/mol. The van der Waals surface area contributed by atoms with Gasteiger partial charge < -0.3 is 20.0 Å². The fraction of sp³-hybridized carbons (Fsp3) is 0.267. The van der Waals surface area contributed by atoms with Gasteiger partial charge in [-0.15, -0.1) is 0 Å². The fourth-order valence-electron chi connectivity index (χ4n) is 4.41. The summed E-state index contributed by atoms with van der Waals surface area (Å²) >= 11 is 0. The molecule has 38 heavy (non-hydrogen) atoms. The molecule has 0 radical (unpaired) electrons. The zero-order valence-electron chi connectivity index (χ0n) is 21.4. The number of hydrogen-bond donors (Lipinski definition) is 2. The lowest BCUT2D eigenvalue weighted by molar-refractivity contribution is 0.0951. The smallest absolute Gasteiger partial charge is 0.248 e. The van der Waals surface area contributed by atoms with Crippen LogP contribution in [0.25, 0.3) is 16.9 Å². The van der Waals surface area contributed by atoms with Gasteiger partial charge in [-0.1, -0.05) is 24.3 Å². The second kappa shape index (κ2) is 11.7. The molecule has 2 heterocycles. The Balaban J connectivity index is 1.46. The van der Waals surface area contributed by atoms with Gasteiger partial charge in [-0.3, -0.25) is 9.59 Å². The second-order valence-electron chi connectivity index (χ2n) is 9.57. The molecule has 8 nitrogen and oxygen atoms in total. The normalized spacial score (nSPS) is 11.9. The lowest BCUT2D eigenvalue weighted by Crippen LogP contribution is -2.14. The van der Waals surface area contributed by atoms with Crippen molar-refractivity contribution in [2.75, 3.05) is 6.61 Å². The van der Waals surface area contributed by atoms with E-state index in [1.807, 2.05) is 48.7 Å². The van der Waals surface area contributed by atoms with Crippen LogP contribution in [0.1, 0.15) is 58.5 Å². The second-order valence-corrected chi connectivity index (χ2v) is 9.57. The molecule has 4 aromatic rings. The van der Waals surface area contributed by atoms with E-state index in [1.165, 1.54) is 0 Å². The molecule has 0 bridgehead atoms. The summed E-state index contributed by atoms with van der Waals surface area (Å²) in [5.41, 5.74) is 9.91. The molecular weight excluding hydrogens is 480 g/mol. The van der Waals surface area contributed by atoms with E-state index in [2.05, 4.69) is 11.1 Å². The number of aromatic nitrogens is 2. The summed E-state index contributed by atoms with van der Waals surface area (Å²) in [5.74, 6) is -0.171. The standard InChI is InChI=1S/C30H30N4O4/c1-19(2)38-28-8-7-23(15-25(28)17-31)27(36)14-21(10-12-35)13-20-3-5-22(6-4-20)26-18-34-11-9-24(30(32)37)16-29(34)33-26/h3-9,11,15-16,18-19,21,35H,10,12-14H2,1-2H3,(H2,32,37)/t21-/m1/s1. The number of nitrogens with zero attached hydrogens (tertiary/aromatic N) is 3. The minimum atomic E-state index is -0.500. The minimum Gasteiger partial charge on any atom is -0.490 e. The molecule has 4 rings (SSSR count). The number of ether oxygens (including phenoxy) is 1. The van der Waals surface area contributed by atoms with Crippen LogP contribution in [0.15, 0.2) is 67.0 Å². The molecule has 0 aliphatic carbocycles. The first kappa shape index (κ1) is 26.6. The summed E-state index contributed by atoms with van der Waals surface area (Å²) in [6.45, 7) is 3.74. The van der Waals surface area contributed by atoms with Gasteiger partial charge in [-0.05, 0) is 68.5 Å². The van der Waals surface area contributed by atoms with Gasteiger partial charge in [-0.25, -0.2) is 4.98 Å². The number of imidazole rings is 1. The third kappa shape index (κ3) is 6.25. The predicted octanol–water partition coefficient (Wildman–Crippen LogP) is 4.57. The van der Waals surface area contributed by atoms with Gasteiger partial charge in [0.1, 0.15) is 17.5 Å². The van der Waals surface area contributed by atoms with Crippen molar-refractivity contribution < 1.29 is 19.4 Å². The number of primary amides is 1. The van der Waals surface area contributed by atoms with Crippen molar-refractivity contribution in [1.82, 2.24) is 9.38 Å². The van der Waals surface area contributed by atoms with Gasteiger partial charge in [0.25, 0.3) is 0 Å². The molecule has 0 aliphatic heterocycles. The first-order chi connectivity index (χ1) is 18.3. The number of aliphatic hydroxyl groups excluding tert-OH is 1. The number of carbonyl (C=O) groups excluding carboxylic acids is 2. The number of ketones is 1. The van der Waals surface area contributed by atoms with Crippen LogP contribution in [0.3, 0.4) is 0 Å². The molecular formula is C30H30N4O4. The number of rotatable bonds is 11. The molecule has 0 fully saturated rings. The Kier molecular flexibility index (Phi) is 8.19. The van der Waals surface area contributed by atoms with Crippen LogP contribution in [-0.4, -0.2) is 38.9 Å². The van der Waals surface area contributed by atoms with E-state index >= 15 is 0 Å². The van der Waals surface area contributed by atoms with Gasteiger partial charge in [0.2, 0.25) is 5.91 Å².